The van der Waals surface area contributed by atoms with Crippen LogP contribution in [-0.4, -0.2) is 13.1 Å². The van der Waals surface area contributed by atoms with Gasteiger partial charge >= 0.3 is 0 Å². The molecule has 114 valence electrons. The first-order chi connectivity index (χ1) is 9.76. The molecular formula is C19H33N. The molecular weight excluding hydrogens is 242 g/mol. The minimum absolute atomic E-state index is 0.682. The highest BCUT2D eigenvalue weighted by Gasteiger charge is 2.06. The monoisotopic (exact) mass is 275 g/mol. The van der Waals surface area contributed by atoms with Gasteiger partial charge in [0.2, 0.25) is 0 Å². The second-order valence-corrected chi connectivity index (χ2v) is 6.07. The Morgan fingerprint density at radius 1 is 1.00 bits per heavy atom. The molecule has 0 aliphatic rings. The van der Waals surface area contributed by atoms with E-state index in [1.54, 1.807) is 0 Å². The average Bonchev–Trinajstić information content (AvgIpc) is 2.46. The largest absolute Gasteiger partial charge is 0.317 e. The SMILES string of the molecule is CCCCCCCCC(CCc1cccc(C)c1)NC. The van der Waals surface area contributed by atoms with E-state index in [0.717, 1.165) is 0 Å². The van der Waals surface area contributed by atoms with Gasteiger partial charge in [0.15, 0.2) is 0 Å². The van der Waals surface area contributed by atoms with Crippen LogP contribution >= 0.6 is 0 Å². The van der Waals surface area contributed by atoms with Crippen LogP contribution in [0.1, 0.15) is 69.4 Å². The molecule has 1 aromatic rings. The predicted octanol–water partition coefficient (Wildman–Crippen LogP) is 5.27. The van der Waals surface area contributed by atoms with Gasteiger partial charge in [0, 0.05) is 6.04 Å². The lowest BCUT2D eigenvalue weighted by atomic mass is 9.99. The van der Waals surface area contributed by atoms with Crippen molar-refractivity contribution in [1.29, 1.82) is 0 Å². The summed E-state index contributed by atoms with van der Waals surface area (Å²) >= 11 is 0. The van der Waals surface area contributed by atoms with Gasteiger partial charge in [-0.15, -0.1) is 0 Å². The third kappa shape index (κ3) is 7.69. The van der Waals surface area contributed by atoms with Crippen molar-refractivity contribution in [2.75, 3.05) is 7.05 Å². The number of hydrogen-bond acceptors (Lipinski definition) is 1. The molecule has 0 heterocycles. The van der Waals surface area contributed by atoms with Crippen LogP contribution in [0.5, 0.6) is 0 Å². The minimum Gasteiger partial charge on any atom is -0.317 e. The van der Waals surface area contributed by atoms with Gasteiger partial charge in [-0.1, -0.05) is 75.3 Å². The first-order valence-electron chi connectivity index (χ1n) is 8.49. The highest BCUT2D eigenvalue weighted by Crippen LogP contribution is 2.13. The van der Waals surface area contributed by atoms with Gasteiger partial charge in [0.05, 0.1) is 0 Å². The van der Waals surface area contributed by atoms with Gasteiger partial charge in [-0.05, 0) is 38.8 Å². The molecule has 1 nitrogen and oxygen atoms in total. The summed E-state index contributed by atoms with van der Waals surface area (Å²) in [7, 11) is 2.11. The zero-order valence-corrected chi connectivity index (χ0v) is 13.8. The van der Waals surface area contributed by atoms with Crippen molar-refractivity contribution in [3.05, 3.63) is 35.4 Å². The highest BCUT2D eigenvalue weighted by molar-refractivity contribution is 5.22. The summed E-state index contributed by atoms with van der Waals surface area (Å²) in [5.74, 6) is 0. The molecule has 0 saturated carbocycles. The van der Waals surface area contributed by atoms with Crippen molar-refractivity contribution in [2.24, 2.45) is 0 Å². The Morgan fingerprint density at radius 3 is 2.45 bits per heavy atom. The molecule has 0 radical (unpaired) electrons. The Balaban J connectivity index is 2.16. The van der Waals surface area contributed by atoms with Crippen LogP contribution in [0.25, 0.3) is 0 Å². The van der Waals surface area contributed by atoms with Gasteiger partial charge in [0.1, 0.15) is 0 Å². The van der Waals surface area contributed by atoms with E-state index < -0.39 is 0 Å². The van der Waals surface area contributed by atoms with E-state index in [-0.39, 0.29) is 0 Å². The maximum atomic E-state index is 3.49. The molecule has 1 aromatic carbocycles. The van der Waals surface area contributed by atoms with Gasteiger partial charge in [-0.2, -0.15) is 0 Å². The van der Waals surface area contributed by atoms with Crippen molar-refractivity contribution in [3.63, 3.8) is 0 Å². The van der Waals surface area contributed by atoms with Gasteiger partial charge < -0.3 is 5.32 Å². The third-order valence-corrected chi connectivity index (χ3v) is 4.18. The van der Waals surface area contributed by atoms with E-state index in [9.17, 15) is 0 Å². The standard InChI is InChI=1S/C19H33N/c1-4-5-6-7-8-9-13-19(20-3)15-14-18-12-10-11-17(2)16-18/h10-12,16,19-20H,4-9,13-15H2,1-3H3. The molecule has 1 unspecified atom stereocenters. The fourth-order valence-corrected chi connectivity index (χ4v) is 2.81. The van der Waals surface area contributed by atoms with Crippen LogP contribution in [0.2, 0.25) is 0 Å². The van der Waals surface area contributed by atoms with Crippen LogP contribution in [0, 0.1) is 6.92 Å². The van der Waals surface area contributed by atoms with Crippen molar-refractivity contribution in [3.8, 4) is 0 Å². The van der Waals surface area contributed by atoms with Crippen LogP contribution in [0.4, 0.5) is 0 Å². The molecule has 0 fully saturated rings. The van der Waals surface area contributed by atoms with E-state index in [1.165, 1.54) is 68.9 Å². The summed E-state index contributed by atoms with van der Waals surface area (Å²) in [6, 6.07) is 9.60. The summed E-state index contributed by atoms with van der Waals surface area (Å²) in [5.41, 5.74) is 2.85. The lowest BCUT2D eigenvalue weighted by molar-refractivity contribution is 0.458. The maximum absolute atomic E-state index is 3.49. The molecule has 20 heavy (non-hydrogen) atoms. The number of unbranched alkanes of at least 4 members (excludes halogenated alkanes) is 5. The summed E-state index contributed by atoms with van der Waals surface area (Å²) in [4.78, 5) is 0. The molecule has 1 rings (SSSR count). The molecule has 0 amide bonds. The van der Waals surface area contributed by atoms with E-state index in [1.807, 2.05) is 0 Å². The second kappa shape index (κ2) is 10.9. The number of rotatable bonds is 11. The smallest absolute Gasteiger partial charge is 0.00672 e. The van der Waals surface area contributed by atoms with Crippen LogP contribution in [0.15, 0.2) is 24.3 Å². The molecule has 0 spiro atoms. The second-order valence-electron chi connectivity index (χ2n) is 6.07. The Morgan fingerprint density at radius 2 is 1.75 bits per heavy atom. The molecule has 0 aliphatic carbocycles. The molecule has 0 bridgehead atoms. The van der Waals surface area contributed by atoms with Crippen LogP contribution in [-0.2, 0) is 6.42 Å². The lowest BCUT2D eigenvalue weighted by Crippen LogP contribution is -2.25. The quantitative estimate of drug-likeness (QED) is 0.543. The first kappa shape index (κ1) is 17.2. The number of benzene rings is 1. The summed E-state index contributed by atoms with van der Waals surface area (Å²) in [5, 5.41) is 3.49. The zero-order valence-electron chi connectivity index (χ0n) is 13.8. The van der Waals surface area contributed by atoms with E-state index in [0.29, 0.717) is 6.04 Å². The van der Waals surface area contributed by atoms with Crippen LogP contribution < -0.4 is 5.32 Å². The first-order valence-corrected chi connectivity index (χ1v) is 8.49. The lowest BCUT2D eigenvalue weighted by Gasteiger charge is -2.16. The van der Waals surface area contributed by atoms with Gasteiger partial charge in [0.25, 0.3) is 0 Å². The van der Waals surface area contributed by atoms with E-state index >= 15 is 0 Å². The maximum Gasteiger partial charge on any atom is 0.00672 e. The predicted molar refractivity (Wildman–Crippen MR) is 90.3 cm³/mol. The number of aryl methyl sites for hydroxylation is 2. The average molecular weight is 275 g/mol. The third-order valence-electron chi connectivity index (χ3n) is 4.18. The topological polar surface area (TPSA) is 12.0 Å². The Labute approximate surface area is 126 Å². The summed E-state index contributed by atoms with van der Waals surface area (Å²) in [6.45, 7) is 4.46. The van der Waals surface area contributed by atoms with Crippen molar-refractivity contribution >= 4 is 0 Å². The molecule has 0 aliphatic heterocycles. The fraction of sp³-hybridized carbons (Fsp3) is 0.684. The Kier molecular flexibility index (Phi) is 9.40. The minimum atomic E-state index is 0.682. The van der Waals surface area contributed by atoms with Crippen molar-refractivity contribution in [2.45, 2.75) is 77.7 Å². The normalized spacial score (nSPS) is 12.6. The molecule has 1 N–H and O–H groups in total. The van der Waals surface area contributed by atoms with Crippen LogP contribution in [0.3, 0.4) is 0 Å². The molecule has 1 heteroatoms. The van der Waals surface area contributed by atoms with E-state index in [2.05, 4.69) is 50.5 Å². The van der Waals surface area contributed by atoms with E-state index in [4.69, 9.17) is 0 Å². The fourth-order valence-electron chi connectivity index (χ4n) is 2.81. The zero-order chi connectivity index (χ0) is 14.6. The van der Waals surface area contributed by atoms with Crippen molar-refractivity contribution < 1.29 is 0 Å². The molecule has 0 saturated heterocycles. The summed E-state index contributed by atoms with van der Waals surface area (Å²) in [6.07, 6.45) is 12.2. The number of hydrogen-bond donors (Lipinski definition) is 1. The van der Waals surface area contributed by atoms with Gasteiger partial charge in [-0.25, -0.2) is 0 Å². The molecule has 0 aromatic heterocycles. The van der Waals surface area contributed by atoms with Crippen molar-refractivity contribution in [1.82, 2.24) is 5.32 Å². The Bertz CT molecular complexity index is 345. The summed E-state index contributed by atoms with van der Waals surface area (Å²) < 4.78 is 0. The highest BCUT2D eigenvalue weighted by atomic mass is 14.9. The Hall–Kier alpha value is -0.820. The number of nitrogens with one attached hydrogen (secondary N) is 1. The van der Waals surface area contributed by atoms with Gasteiger partial charge in [-0.3, -0.25) is 0 Å². The molecule has 1 atom stereocenters.